The highest BCUT2D eigenvalue weighted by atomic mass is 32.2. The highest BCUT2D eigenvalue weighted by Gasteiger charge is 2.22. The van der Waals surface area contributed by atoms with Gasteiger partial charge in [-0.3, -0.25) is 0 Å². The largest absolute Gasteiger partial charge is 0.399 e. The highest BCUT2D eigenvalue weighted by molar-refractivity contribution is 8.01. The summed E-state index contributed by atoms with van der Waals surface area (Å²) >= 11 is 1.91. The lowest BCUT2D eigenvalue weighted by atomic mass is 10.0. The van der Waals surface area contributed by atoms with E-state index in [2.05, 4.69) is 37.2 Å². The Labute approximate surface area is 102 Å². The van der Waals surface area contributed by atoms with E-state index in [1.165, 1.54) is 24.1 Å². The summed E-state index contributed by atoms with van der Waals surface area (Å²) in [5.74, 6) is 0. The summed E-state index contributed by atoms with van der Waals surface area (Å²) in [6.07, 6.45) is 2.41. The van der Waals surface area contributed by atoms with Gasteiger partial charge in [-0.05, 0) is 63.3 Å². The van der Waals surface area contributed by atoms with E-state index in [0.29, 0.717) is 0 Å². The Morgan fingerprint density at radius 1 is 1.31 bits per heavy atom. The van der Waals surface area contributed by atoms with Crippen molar-refractivity contribution < 1.29 is 0 Å². The van der Waals surface area contributed by atoms with Crippen molar-refractivity contribution in [3.63, 3.8) is 0 Å². The van der Waals surface area contributed by atoms with Gasteiger partial charge in [-0.25, -0.2) is 0 Å². The Kier molecular flexibility index (Phi) is 3.06. The molecule has 0 amide bonds. The second-order valence-corrected chi connectivity index (χ2v) is 7.15. The average molecular weight is 236 g/mol. The van der Waals surface area contributed by atoms with Gasteiger partial charge in [-0.15, -0.1) is 0 Å². The van der Waals surface area contributed by atoms with Gasteiger partial charge < -0.3 is 10.0 Å². The molecule has 0 saturated heterocycles. The van der Waals surface area contributed by atoms with Crippen molar-refractivity contribution in [2.75, 3.05) is 16.6 Å². The molecule has 0 saturated carbocycles. The Morgan fingerprint density at radius 2 is 2.06 bits per heavy atom. The van der Waals surface area contributed by atoms with Crippen LogP contribution in [0.1, 0.15) is 32.8 Å². The van der Waals surface area contributed by atoms with Crippen molar-refractivity contribution in [3.05, 3.63) is 23.8 Å². The first-order valence-electron chi connectivity index (χ1n) is 5.81. The maximum Gasteiger partial charge on any atom is 0.0522 e. The molecule has 0 aromatic heterocycles. The molecule has 2 nitrogen and oxygen atoms in total. The van der Waals surface area contributed by atoms with Crippen molar-refractivity contribution in [3.8, 4) is 0 Å². The van der Waals surface area contributed by atoms with E-state index in [0.717, 1.165) is 12.2 Å². The zero-order valence-electron chi connectivity index (χ0n) is 10.3. The number of nitrogens with two attached hydrogens (primary N) is 1. The summed E-state index contributed by atoms with van der Waals surface area (Å²) in [5.41, 5.74) is 9.47. The normalized spacial score (nSPS) is 16.1. The van der Waals surface area contributed by atoms with Crippen LogP contribution in [0.15, 0.2) is 18.2 Å². The summed E-state index contributed by atoms with van der Waals surface area (Å²) in [6.45, 7) is 7.87. The maximum atomic E-state index is 5.87. The van der Waals surface area contributed by atoms with Crippen LogP contribution in [0, 0.1) is 0 Å². The Morgan fingerprint density at radius 3 is 2.75 bits per heavy atom. The molecular formula is C13H20N2S. The number of hydrogen-bond donors (Lipinski definition) is 1. The number of nitrogen functional groups attached to an aromatic ring is 1. The van der Waals surface area contributed by atoms with Crippen molar-refractivity contribution in [1.29, 1.82) is 0 Å². The van der Waals surface area contributed by atoms with E-state index in [1.54, 1.807) is 0 Å². The minimum absolute atomic E-state index is 0.249. The third kappa shape index (κ3) is 2.64. The molecule has 3 heteroatoms. The van der Waals surface area contributed by atoms with E-state index < -0.39 is 0 Å². The van der Waals surface area contributed by atoms with E-state index in [4.69, 9.17) is 5.73 Å². The third-order valence-corrected chi connectivity index (χ3v) is 3.72. The molecule has 0 bridgehead atoms. The van der Waals surface area contributed by atoms with Crippen LogP contribution in [-0.2, 0) is 6.42 Å². The van der Waals surface area contributed by atoms with Gasteiger partial charge in [-0.1, -0.05) is 6.07 Å². The van der Waals surface area contributed by atoms with Gasteiger partial charge in [0.15, 0.2) is 0 Å². The van der Waals surface area contributed by atoms with Crippen LogP contribution in [-0.4, -0.2) is 11.3 Å². The molecule has 88 valence electrons. The van der Waals surface area contributed by atoms with Gasteiger partial charge in [-0.2, -0.15) is 0 Å². The predicted molar refractivity (Wildman–Crippen MR) is 73.9 cm³/mol. The van der Waals surface area contributed by atoms with E-state index >= 15 is 0 Å². The molecule has 0 unspecified atom stereocenters. The number of nitrogens with zero attached hydrogens (tertiary/aromatic N) is 1. The first-order chi connectivity index (χ1) is 7.46. The summed E-state index contributed by atoms with van der Waals surface area (Å²) in [6, 6.07) is 6.28. The van der Waals surface area contributed by atoms with E-state index in [-0.39, 0.29) is 4.75 Å². The SMILES string of the molecule is CC(C)(C)SN1CCCc2ccc(N)cc21. The Hall–Kier alpha value is -0.830. The smallest absolute Gasteiger partial charge is 0.0522 e. The molecule has 16 heavy (non-hydrogen) atoms. The maximum absolute atomic E-state index is 5.87. The fourth-order valence-corrected chi connectivity index (χ4v) is 3.13. The lowest BCUT2D eigenvalue weighted by molar-refractivity contribution is 0.766. The second-order valence-electron chi connectivity index (χ2n) is 5.30. The summed E-state index contributed by atoms with van der Waals surface area (Å²) < 4.78 is 2.65. The highest BCUT2D eigenvalue weighted by Crippen LogP contribution is 2.38. The first kappa shape index (κ1) is 11.6. The van der Waals surface area contributed by atoms with Crippen LogP contribution in [0.2, 0.25) is 0 Å². The molecule has 0 atom stereocenters. The molecule has 0 aliphatic carbocycles. The van der Waals surface area contributed by atoms with Gasteiger partial charge in [0.2, 0.25) is 0 Å². The number of benzene rings is 1. The molecule has 1 aliphatic heterocycles. The second kappa shape index (κ2) is 4.21. The first-order valence-corrected chi connectivity index (χ1v) is 6.58. The molecule has 0 spiro atoms. The van der Waals surface area contributed by atoms with Crippen LogP contribution in [0.3, 0.4) is 0 Å². The lowest BCUT2D eigenvalue weighted by Crippen LogP contribution is -2.28. The van der Waals surface area contributed by atoms with E-state index in [1.807, 2.05) is 18.0 Å². The molecule has 0 fully saturated rings. The van der Waals surface area contributed by atoms with Crippen molar-refractivity contribution >= 4 is 23.3 Å². The van der Waals surface area contributed by atoms with Crippen LogP contribution >= 0.6 is 11.9 Å². The number of anilines is 2. The predicted octanol–water partition coefficient (Wildman–Crippen LogP) is 3.47. The number of hydrogen-bond acceptors (Lipinski definition) is 3. The molecular weight excluding hydrogens is 216 g/mol. The van der Waals surface area contributed by atoms with Crippen molar-refractivity contribution in [1.82, 2.24) is 0 Å². The summed E-state index contributed by atoms with van der Waals surface area (Å²) in [7, 11) is 0. The molecule has 2 rings (SSSR count). The monoisotopic (exact) mass is 236 g/mol. The summed E-state index contributed by atoms with van der Waals surface area (Å²) in [4.78, 5) is 0. The van der Waals surface area contributed by atoms with Gasteiger partial charge in [0.25, 0.3) is 0 Å². The fourth-order valence-electron chi connectivity index (χ4n) is 1.98. The standard InChI is InChI=1S/C13H20N2S/c1-13(2,3)16-15-8-4-5-10-6-7-11(14)9-12(10)15/h6-7,9H,4-5,8,14H2,1-3H3. The minimum atomic E-state index is 0.249. The number of aryl methyl sites for hydroxylation is 1. The van der Waals surface area contributed by atoms with Gasteiger partial charge >= 0.3 is 0 Å². The van der Waals surface area contributed by atoms with Gasteiger partial charge in [0, 0.05) is 17.0 Å². The zero-order valence-corrected chi connectivity index (χ0v) is 11.1. The third-order valence-electron chi connectivity index (χ3n) is 2.57. The van der Waals surface area contributed by atoms with Crippen molar-refractivity contribution in [2.24, 2.45) is 0 Å². The molecule has 1 heterocycles. The Balaban J connectivity index is 2.28. The Bertz CT molecular complexity index is 382. The van der Waals surface area contributed by atoms with Crippen LogP contribution in [0.4, 0.5) is 11.4 Å². The molecule has 1 aromatic rings. The van der Waals surface area contributed by atoms with Crippen LogP contribution in [0.5, 0.6) is 0 Å². The average Bonchev–Trinajstić information content (AvgIpc) is 2.17. The topological polar surface area (TPSA) is 29.3 Å². The molecule has 2 N–H and O–H groups in total. The summed E-state index contributed by atoms with van der Waals surface area (Å²) in [5, 5.41) is 0. The molecule has 0 radical (unpaired) electrons. The lowest BCUT2D eigenvalue weighted by Gasteiger charge is -2.34. The minimum Gasteiger partial charge on any atom is -0.399 e. The molecule has 1 aliphatic rings. The number of rotatable bonds is 1. The van der Waals surface area contributed by atoms with Crippen LogP contribution < -0.4 is 10.0 Å². The van der Waals surface area contributed by atoms with Gasteiger partial charge in [0.05, 0.1) is 5.69 Å². The quantitative estimate of drug-likeness (QED) is 0.598. The van der Waals surface area contributed by atoms with Gasteiger partial charge in [0.1, 0.15) is 0 Å². The molecule has 1 aromatic carbocycles. The van der Waals surface area contributed by atoms with Crippen molar-refractivity contribution in [2.45, 2.75) is 38.4 Å². The fraction of sp³-hybridized carbons (Fsp3) is 0.538. The van der Waals surface area contributed by atoms with Crippen LogP contribution in [0.25, 0.3) is 0 Å². The zero-order chi connectivity index (χ0) is 11.8. The number of fused-ring (bicyclic) bond motifs is 1. The van der Waals surface area contributed by atoms with E-state index in [9.17, 15) is 0 Å².